The Labute approximate surface area is 117 Å². The Morgan fingerprint density at radius 2 is 2.11 bits per heavy atom. The third kappa shape index (κ3) is 3.32. The first-order chi connectivity index (χ1) is 9.22. The van der Waals surface area contributed by atoms with Crippen molar-refractivity contribution in [1.29, 1.82) is 0 Å². The molecule has 0 aliphatic heterocycles. The van der Waals surface area contributed by atoms with Crippen LogP contribution in [0.5, 0.6) is 0 Å². The first kappa shape index (κ1) is 13.6. The maximum absolute atomic E-state index is 11.1. The van der Waals surface area contributed by atoms with Gasteiger partial charge in [-0.05, 0) is 24.3 Å². The molecule has 0 aliphatic carbocycles. The van der Waals surface area contributed by atoms with Crippen molar-refractivity contribution >= 4 is 23.6 Å². The van der Waals surface area contributed by atoms with Gasteiger partial charge in [0.15, 0.2) is 6.29 Å². The van der Waals surface area contributed by atoms with E-state index in [0.717, 1.165) is 30.6 Å². The molecule has 98 valence electrons. The molecule has 0 N–H and O–H groups in total. The quantitative estimate of drug-likeness (QED) is 0.785. The standard InChI is InChI=1S/C15H15ClN2O/c1-18(10-8-13-6-2-3-9-17-13)15-12(11-19)5-4-7-14(15)16/h2-7,9,11H,8,10H2,1H3. The Balaban J connectivity index is 2.12. The molecule has 1 aromatic carbocycles. The van der Waals surface area contributed by atoms with Crippen molar-refractivity contribution in [1.82, 2.24) is 4.98 Å². The van der Waals surface area contributed by atoms with Gasteiger partial charge in [0.25, 0.3) is 0 Å². The molecule has 1 heterocycles. The highest BCUT2D eigenvalue weighted by molar-refractivity contribution is 6.33. The first-order valence-corrected chi connectivity index (χ1v) is 6.45. The summed E-state index contributed by atoms with van der Waals surface area (Å²) in [6.45, 7) is 0.752. The highest BCUT2D eigenvalue weighted by Gasteiger charge is 2.11. The fraction of sp³-hybridized carbons (Fsp3) is 0.200. The summed E-state index contributed by atoms with van der Waals surface area (Å²) in [7, 11) is 1.93. The maximum Gasteiger partial charge on any atom is 0.152 e. The SMILES string of the molecule is CN(CCc1ccccn1)c1c(Cl)cccc1C=O. The van der Waals surface area contributed by atoms with Gasteiger partial charge in [-0.2, -0.15) is 0 Å². The van der Waals surface area contributed by atoms with Gasteiger partial charge in [-0.3, -0.25) is 9.78 Å². The van der Waals surface area contributed by atoms with Gasteiger partial charge in [0.05, 0.1) is 10.7 Å². The number of halogens is 1. The molecule has 0 atom stereocenters. The number of pyridine rings is 1. The molecule has 0 fully saturated rings. The van der Waals surface area contributed by atoms with E-state index in [1.807, 2.05) is 30.1 Å². The number of hydrogen-bond donors (Lipinski definition) is 0. The van der Waals surface area contributed by atoms with Gasteiger partial charge in [0.1, 0.15) is 0 Å². The molecule has 3 nitrogen and oxygen atoms in total. The number of carbonyl (C=O) groups is 1. The normalized spacial score (nSPS) is 10.2. The summed E-state index contributed by atoms with van der Waals surface area (Å²) in [5.41, 5.74) is 2.40. The van der Waals surface area contributed by atoms with E-state index < -0.39 is 0 Å². The van der Waals surface area contributed by atoms with E-state index in [2.05, 4.69) is 4.98 Å². The van der Waals surface area contributed by atoms with E-state index in [-0.39, 0.29) is 0 Å². The minimum atomic E-state index is 0.591. The maximum atomic E-state index is 11.1. The van der Waals surface area contributed by atoms with Crippen LogP contribution < -0.4 is 4.90 Å². The van der Waals surface area contributed by atoms with Gasteiger partial charge < -0.3 is 4.90 Å². The van der Waals surface area contributed by atoms with Crippen molar-refractivity contribution in [2.24, 2.45) is 0 Å². The van der Waals surface area contributed by atoms with Crippen molar-refractivity contribution in [2.45, 2.75) is 6.42 Å². The van der Waals surface area contributed by atoms with E-state index in [0.29, 0.717) is 10.6 Å². The zero-order chi connectivity index (χ0) is 13.7. The molecule has 0 radical (unpaired) electrons. The number of aldehydes is 1. The second kappa shape index (κ2) is 6.34. The number of rotatable bonds is 5. The van der Waals surface area contributed by atoms with Gasteiger partial charge in [-0.1, -0.05) is 23.7 Å². The van der Waals surface area contributed by atoms with E-state index in [4.69, 9.17) is 11.6 Å². The largest absolute Gasteiger partial charge is 0.372 e. The third-order valence-corrected chi connectivity index (χ3v) is 3.26. The topological polar surface area (TPSA) is 33.2 Å². The van der Waals surface area contributed by atoms with Crippen molar-refractivity contribution < 1.29 is 4.79 Å². The first-order valence-electron chi connectivity index (χ1n) is 6.07. The molecule has 2 aromatic rings. The van der Waals surface area contributed by atoms with Crippen molar-refractivity contribution in [3.63, 3.8) is 0 Å². The van der Waals surface area contributed by atoms with Crippen LogP contribution in [0.1, 0.15) is 16.1 Å². The van der Waals surface area contributed by atoms with E-state index in [9.17, 15) is 4.79 Å². The number of carbonyl (C=O) groups excluding carboxylic acids is 1. The number of nitrogens with zero attached hydrogens (tertiary/aromatic N) is 2. The minimum absolute atomic E-state index is 0.591. The fourth-order valence-electron chi connectivity index (χ4n) is 1.97. The lowest BCUT2D eigenvalue weighted by atomic mass is 10.1. The van der Waals surface area contributed by atoms with Crippen molar-refractivity contribution in [3.05, 3.63) is 58.9 Å². The summed E-state index contributed by atoms with van der Waals surface area (Å²) in [5, 5.41) is 0.591. The molecule has 0 saturated carbocycles. The van der Waals surface area contributed by atoms with Gasteiger partial charge in [-0.15, -0.1) is 0 Å². The van der Waals surface area contributed by atoms with Gasteiger partial charge >= 0.3 is 0 Å². The molecule has 4 heteroatoms. The van der Waals surface area contributed by atoms with Crippen LogP contribution in [0.25, 0.3) is 0 Å². The number of benzene rings is 1. The Bertz CT molecular complexity index is 557. The summed E-state index contributed by atoms with van der Waals surface area (Å²) in [6.07, 6.45) is 3.42. The molecule has 0 saturated heterocycles. The average molecular weight is 275 g/mol. The fourth-order valence-corrected chi connectivity index (χ4v) is 2.30. The molecule has 0 aliphatic rings. The van der Waals surface area contributed by atoms with E-state index in [1.165, 1.54) is 0 Å². The van der Waals surface area contributed by atoms with E-state index >= 15 is 0 Å². The number of para-hydroxylation sites is 1. The van der Waals surface area contributed by atoms with Crippen LogP contribution in [0.3, 0.4) is 0 Å². The second-order valence-corrected chi connectivity index (χ2v) is 4.70. The molecule has 0 unspecified atom stereocenters. The molecule has 1 aromatic heterocycles. The molecule has 0 bridgehead atoms. The van der Waals surface area contributed by atoms with Gasteiger partial charge in [-0.25, -0.2) is 0 Å². The molecule has 19 heavy (non-hydrogen) atoms. The summed E-state index contributed by atoms with van der Waals surface area (Å²) in [5.74, 6) is 0. The minimum Gasteiger partial charge on any atom is -0.372 e. The van der Waals surface area contributed by atoms with Crippen molar-refractivity contribution in [3.8, 4) is 0 Å². The monoisotopic (exact) mass is 274 g/mol. The predicted octanol–water partition coefficient (Wildman–Crippen LogP) is 3.23. The lowest BCUT2D eigenvalue weighted by Gasteiger charge is -2.22. The third-order valence-electron chi connectivity index (χ3n) is 2.96. The summed E-state index contributed by atoms with van der Waals surface area (Å²) in [6, 6.07) is 11.2. The van der Waals surface area contributed by atoms with Crippen LogP contribution in [0.15, 0.2) is 42.6 Å². The second-order valence-electron chi connectivity index (χ2n) is 4.29. The zero-order valence-corrected chi connectivity index (χ0v) is 11.5. The van der Waals surface area contributed by atoms with Gasteiger partial charge in [0.2, 0.25) is 0 Å². The molecule has 2 rings (SSSR count). The highest BCUT2D eigenvalue weighted by Crippen LogP contribution is 2.28. The molecular formula is C15H15ClN2O. The number of hydrogen-bond acceptors (Lipinski definition) is 3. The Hall–Kier alpha value is -1.87. The van der Waals surface area contributed by atoms with E-state index in [1.54, 1.807) is 24.4 Å². The molecule has 0 spiro atoms. The smallest absolute Gasteiger partial charge is 0.152 e. The van der Waals surface area contributed by atoms with Crippen LogP contribution in [-0.2, 0) is 6.42 Å². The Kier molecular flexibility index (Phi) is 4.53. The average Bonchev–Trinajstić information content (AvgIpc) is 2.45. The van der Waals surface area contributed by atoms with Crippen molar-refractivity contribution in [2.75, 3.05) is 18.5 Å². The van der Waals surface area contributed by atoms with Crippen LogP contribution in [-0.4, -0.2) is 24.9 Å². The van der Waals surface area contributed by atoms with Crippen LogP contribution in [0, 0.1) is 0 Å². The number of aromatic nitrogens is 1. The summed E-state index contributed by atoms with van der Waals surface area (Å²) in [4.78, 5) is 17.3. The predicted molar refractivity (Wildman–Crippen MR) is 78.1 cm³/mol. The number of anilines is 1. The van der Waals surface area contributed by atoms with Crippen LogP contribution in [0.2, 0.25) is 5.02 Å². The lowest BCUT2D eigenvalue weighted by molar-refractivity contribution is 0.112. The number of likely N-dealkylation sites (N-methyl/N-ethyl adjacent to an activating group) is 1. The molecular weight excluding hydrogens is 260 g/mol. The lowest BCUT2D eigenvalue weighted by Crippen LogP contribution is -2.22. The Morgan fingerprint density at radius 3 is 2.79 bits per heavy atom. The van der Waals surface area contributed by atoms with Crippen LogP contribution >= 0.6 is 11.6 Å². The summed E-state index contributed by atoms with van der Waals surface area (Å²) < 4.78 is 0. The summed E-state index contributed by atoms with van der Waals surface area (Å²) >= 11 is 6.17. The van der Waals surface area contributed by atoms with Gasteiger partial charge in [0, 0.05) is 37.5 Å². The zero-order valence-electron chi connectivity index (χ0n) is 10.7. The Morgan fingerprint density at radius 1 is 1.26 bits per heavy atom. The molecule has 0 amide bonds. The van der Waals surface area contributed by atoms with Crippen LogP contribution in [0.4, 0.5) is 5.69 Å². The highest BCUT2D eigenvalue weighted by atomic mass is 35.5.